The molecule has 0 radical (unpaired) electrons. The van der Waals surface area contributed by atoms with Crippen LogP contribution < -0.4 is 21.1 Å². The lowest BCUT2D eigenvalue weighted by molar-refractivity contribution is 0.187. The zero-order valence-corrected chi connectivity index (χ0v) is 20.0. The molecular formula is C24H25FN8OS. The maximum atomic E-state index is 13.8. The highest BCUT2D eigenvalue weighted by Gasteiger charge is 2.46. The van der Waals surface area contributed by atoms with Gasteiger partial charge in [-0.3, -0.25) is 0 Å². The Hall–Kier alpha value is -3.44. The number of nitrogens with two attached hydrogens (primary N) is 2. The van der Waals surface area contributed by atoms with Crippen LogP contribution in [0.1, 0.15) is 30.0 Å². The first-order chi connectivity index (χ1) is 17.0. The number of rotatable bonds is 4. The Morgan fingerprint density at radius 3 is 2.83 bits per heavy atom. The minimum atomic E-state index is -0.223. The third-order valence-electron chi connectivity index (χ3n) is 7.19. The maximum absolute atomic E-state index is 13.8. The summed E-state index contributed by atoms with van der Waals surface area (Å²) in [4.78, 5) is 24.3. The molecule has 1 aliphatic carbocycles. The molecule has 5 N–H and O–H groups in total. The number of halogens is 1. The Labute approximate surface area is 205 Å². The van der Waals surface area contributed by atoms with Gasteiger partial charge in [0.25, 0.3) is 0 Å². The molecule has 4 aromatic rings. The number of H-pyrrole nitrogens is 1. The van der Waals surface area contributed by atoms with Gasteiger partial charge in [-0.15, -0.1) is 0 Å². The molecule has 1 atom stereocenters. The number of aromatic nitrogens is 5. The van der Waals surface area contributed by atoms with Crippen LogP contribution in [-0.4, -0.2) is 45.1 Å². The van der Waals surface area contributed by atoms with Gasteiger partial charge in [0, 0.05) is 25.3 Å². The Morgan fingerprint density at radius 1 is 1.20 bits per heavy atom. The second-order valence-electron chi connectivity index (χ2n) is 9.12. The van der Waals surface area contributed by atoms with Crippen molar-refractivity contribution in [3.8, 4) is 5.75 Å². The second-order valence-corrected chi connectivity index (χ2v) is 10.2. The number of piperidine rings is 1. The number of hydrogen-bond donors (Lipinski definition) is 3. The quantitative estimate of drug-likeness (QED) is 0.392. The van der Waals surface area contributed by atoms with Crippen molar-refractivity contribution in [2.75, 3.05) is 30.8 Å². The number of pyridine rings is 1. The molecule has 1 saturated heterocycles. The lowest BCUT2D eigenvalue weighted by Crippen LogP contribution is -2.44. The van der Waals surface area contributed by atoms with Crippen LogP contribution in [0, 0.1) is 11.2 Å². The van der Waals surface area contributed by atoms with Crippen LogP contribution in [0.4, 0.5) is 16.2 Å². The van der Waals surface area contributed by atoms with Gasteiger partial charge in [0.05, 0.1) is 18.2 Å². The molecule has 1 aliphatic heterocycles. The number of fused-ring (bicyclic) bond motifs is 2. The number of methoxy groups -OCH3 is 1. The number of ether oxygens (including phenoxy) is 1. The first-order valence-electron chi connectivity index (χ1n) is 11.4. The van der Waals surface area contributed by atoms with Crippen LogP contribution in [0.5, 0.6) is 5.75 Å². The highest BCUT2D eigenvalue weighted by atomic mass is 32.2. The standard InChI is InChI=1S/C24H25FN8OS/c1-34-18-16(4-7-28-20(18)27)35-17-12-29-21-22(30-17)32-23(31-21)33-8-5-24(6-9-33)11-13-2-3-14(25)10-15(13)19(24)26/h2-4,7,10,12,19H,5-6,8-9,11,26H2,1H3,(H2,27,28)(H,29,30,31,32)/t19-/m1/s1. The molecule has 1 spiro atoms. The average Bonchev–Trinajstić information content (AvgIpc) is 3.39. The van der Waals surface area contributed by atoms with Gasteiger partial charge in [0.1, 0.15) is 10.8 Å². The van der Waals surface area contributed by atoms with Crippen LogP contribution in [0.2, 0.25) is 0 Å². The van der Waals surface area contributed by atoms with E-state index in [1.165, 1.54) is 23.4 Å². The van der Waals surface area contributed by atoms with Crippen molar-refractivity contribution in [3.63, 3.8) is 0 Å². The van der Waals surface area contributed by atoms with Gasteiger partial charge in [-0.25, -0.2) is 19.3 Å². The number of benzene rings is 1. The van der Waals surface area contributed by atoms with Crippen molar-refractivity contribution in [2.45, 2.75) is 35.2 Å². The summed E-state index contributed by atoms with van der Waals surface area (Å²) in [5.41, 5.74) is 15.8. The summed E-state index contributed by atoms with van der Waals surface area (Å²) in [5.74, 6) is 1.37. The van der Waals surface area contributed by atoms with Gasteiger partial charge in [-0.2, -0.15) is 4.98 Å². The first-order valence-corrected chi connectivity index (χ1v) is 12.3. The molecule has 4 heterocycles. The fourth-order valence-corrected chi connectivity index (χ4v) is 6.17. The predicted molar refractivity (Wildman–Crippen MR) is 132 cm³/mol. The summed E-state index contributed by atoms with van der Waals surface area (Å²) in [7, 11) is 1.56. The van der Waals surface area contributed by atoms with Crippen LogP contribution in [0.3, 0.4) is 0 Å². The van der Waals surface area contributed by atoms with Crippen molar-refractivity contribution in [1.82, 2.24) is 24.9 Å². The van der Waals surface area contributed by atoms with E-state index >= 15 is 0 Å². The summed E-state index contributed by atoms with van der Waals surface area (Å²) < 4.78 is 19.2. The van der Waals surface area contributed by atoms with Gasteiger partial charge in [-0.1, -0.05) is 17.8 Å². The SMILES string of the molecule is COc1c(Sc2cnc3nc(N4CCC5(CC4)Cc4ccc(F)cc4[C@H]5N)[nH]c3n2)ccnc1N. The van der Waals surface area contributed by atoms with Gasteiger partial charge in [-0.05, 0) is 54.0 Å². The molecule has 2 aliphatic rings. The summed E-state index contributed by atoms with van der Waals surface area (Å²) >= 11 is 1.40. The smallest absolute Gasteiger partial charge is 0.206 e. The molecule has 9 nitrogen and oxygen atoms in total. The molecule has 3 aromatic heterocycles. The predicted octanol–water partition coefficient (Wildman–Crippen LogP) is 3.47. The van der Waals surface area contributed by atoms with Gasteiger partial charge < -0.3 is 26.1 Å². The fraction of sp³-hybridized carbons (Fsp3) is 0.333. The summed E-state index contributed by atoms with van der Waals surface area (Å²) in [6.07, 6.45) is 6.03. The monoisotopic (exact) mass is 492 g/mol. The van der Waals surface area contributed by atoms with E-state index in [9.17, 15) is 4.39 Å². The topological polar surface area (TPSA) is 132 Å². The number of nitrogens with one attached hydrogen (secondary N) is 1. The van der Waals surface area contributed by atoms with Crippen LogP contribution >= 0.6 is 11.8 Å². The van der Waals surface area contributed by atoms with Crippen molar-refractivity contribution in [2.24, 2.45) is 11.1 Å². The zero-order chi connectivity index (χ0) is 24.2. The zero-order valence-electron chi connectivity index (χ0n) is 19.2. The molecular weight excluding hydrogens is 467 g/mol. The Bertz CT molecular complexity index is 1420. The van der Waals surface area contributed by atoms with E-state index < -0.39 is 0 Å². The van der Waals surface area contributed by atoms with E-state index in [4.69, 9.17) is 21.2 Å². The second kappa shape index (κ2) is 8.35. The molecule has 1 fully saturated rings. The Kier molecular flexibility index (Phi) is 5.26. The number of nitrogens with zero attached hydrogens (tertiary/aromatic N) is 5. The highest BCUT2D eigenvalue weighted by molar-refractivity contribution is 7.99. The van der Waals surface area contributed by atoms with Crippen molar-refractivity contribution < 1.29 is 9.13 Å². The molecule has 35 heavy (non-hydrogen) atoms. The molecule has 1 aromatic carbocycles. The third-order valence-corrected chi connectivity index (χ3v) is 8.14. The summed E-state index contributed by atoms with van der Waals surface area (Å²) in [5, 5.41) is 0.691. The normalized spacial score (nSPS) is 18.8. The molecule has 0 amide bonds. The van der Waals surface area contributed by atoms with E-state index in [0.29, 0.717) is 27.9 Å². The minimum absolute atomic E-state index is 0.0373. The summed E-state index contributed by atoms with van der Waals surface area (Å²) in [6.45, 7) is 1.61. The molecule has 180 valence electrons. The molecule has 0 unspecified atom stereocenters. The number of hydrogen-bond acceptors (Lipinski definition) is 9. The number of nitrogen functional groups attached to an aromatic ring is 1. The van der Waals surface area contributed by atoms with E-state index in [1.54, 1.807) is 25.6 Å². The average molecular weight is 493 g/mol. The Balaban J connectivity index is 1.19. The van der Waals surface area contributed by atoms with Gasteiger partial charge in [0.2, 0.25) is 5.95 Å². The van der Waals surface area contributed by atoms with Crippen LogP contribution in [-0.2, 0) is 6.42 Å². The van der Waals surface area contributed by atoms with Crippen molar-refractivity contribution in [1.29, 1.82) is 0 Å². The number of aromatic amines is 1. The summed E-state index contributed by atoms with van der Waals surface area (Å²) in [6, 6.07) is 6.69. The van der Waals surface area contributed by atoms with E-state index in [2.05, 4.69) is 24.8 Å². The largest absolute Gasteiger partial charge is 0.492 e. The third kappa shape index (κ3) is 3.75. The van der Waals surface area contributed by atoms with Gasteiger partial charge in [0.15, 0.2) is 22.9 Å². The fourth-order valence-electron chi connectivity index (χ4n) is 5.30. The van der Waals surface area contributed by atoms with E-state index in [0.717, 1.165) is 48.8 Å². The molecule has 11 heteroatoms. The lowest BCUT2D eigenvalue weighted by Gasteiger charge is -2.42. The Morgan fingerprint density at radius 2 is 2.03 bits per heavy atom. The van der Waals surface area contributed by atoms with Crippen molar-refractivity contribution >= 4 is 34.8 Å². The molecule has 6 rings (SSSR count). The van der Waals surface area contributed by atoms with Crippen molar-refractivity contribution in [3.05, 3.63) is 53.6 Å². The molecule has 0 saturated carbocycles. The lowest BCUT2D eigenvalue weighted by atomic mass is 9.73. The highest BCUT2D eigenvalue weighted by Crippen LogP contribution is 2.51. The number of anilines is 2. The van der Waals surface area contributed by atoms with Crippen LogP contribution in [0.15, 0.2) is 46.6 Å². The first kappa shape index (κ1) is 22.1. The number of imidazole rings is 1. The molecule has 0 bridgehead atoms. The van der Waals surface area contributed by atoms with Crippen LogP contribution in [0.25, 0.3) is 11.3 Å². The van der Waals surface area contributed by atoms with E-state index in [-0.39, 0.29) is 17.3 Å². The van der Waals surface area contributed by atoms with E-state index in [1.807, 2.05) is 12.1 Å². The van der Waals surface area contributed by atoms with Gasteiger partial charge >= 0.3 is 0 Å². The minimum Gasteiger partial charge on any atom is -0.492 e. The maximum Gasteiger partial charge on any atom is 0.206 e.